The van der Waals surface area contributed by atoms with Crippen molar-refractivity contribution in [1.82, 2.24) is 0 Å². The van der Waals surface area contributed by atoms with E-state index in [1.165, 1.54) is 5.56 Å². The van der Waals surface area contributed by atoms with Crippen molar-refractivity contribution in [3.63, 3.8) is 0 Å². The lowest BCUT2D eigenvalue weighted by Gasteiger charge is -2.19. The molecular weight excluding hydrogens is 246 g/mol. The molecule has 106 valence electrons. The zero-order valence-electron chi connectivity index (χ0n) is 12.9. The number of phenols is 1. The Balaban J connectivity index is 2.25. The smallest absolute Gasteiger partial charge is 0.139 e. The third kappa shape index (κ3) is 3.13. The molecule has 0 saturated heterocycles. The van der Waals surface area contributed by atoms with Crippen LogP contribution in [0.15, 0.2) is 36.4 Å². The largest absolute Gasteiger partial charge is 0.506 e. The summed E-state index contributed by atoms with van der Waals surface area (Å²) in [5.74, 6) is 0.285. The number of anilines is 2. The molecule has 0 saturated carbocycles. The minimum Gasteiger partial charge on any atom is -0.506 e. The fraction of sp³-hybridized carbons (Fsp3) is 0.333. The average Bonchev–Trinajstić information content (AvgIpc) is 2.35. The molecule has 0 unspecified atom stereocenters. The van der Waals surface area contributed by atoms with Gasteiger partial charge in [0, 0.05) is 5.69 Å². The Morgan fingerprint density at radius 2 is 1.45 bits per heavy atom. The maximum absolute atomic E-state index is 10.00. The summed E-state index contributed by atoms with van der Waals surface area (Å²) in [6.07, 6.45) is 0. The molecule has 0 radical (unpaired) electrons. The van der Waals surface area contributed by atoms with E-state index in [1.807, 2.05) is 19.9 Å². The summed E-state index contributed by atoms with van der Waals surface area (Å²) < 4.78 is 0. The van der Waals surface area contributed by atoms with Crippen LogP contribution in [0.4, 0.5) is 11.4 Å². The summed E-state index contributed by atoms with van der Waals surface area (Å²) >= 11 is 0. The number of rotatable bonds is 2. The number of phenolic OH excluding ortho intramolecular Hbond substituents is 1. The van der Waals surface area contributed by atoms with Crippen LogP contribution in [0.3, 0.4) is 0 Å². The Morgan fingerprint density at radius 1 is 0.900 bits per heavy atom. The monoisotopic (exact) mass is 269 g/mol. The second-order valence-corrected chi connectivity index (χ2v) is 6.41. The van der Waals surface area contributed by atoms with Crippen LogP contribution in [-0.2, 0) is 5.41 Å². The fourth-order valence-corrected chi connectivity index (χ4v) is 2.11. The van der Waals surface area contributed by atoms with Gasteiger partial charge in [0.15, 0.2) is 0 Å². The van der Waals surface area contributed by atoms with Gasteiger partial charge in [-0.15, -0.1) is 0 Å². The summed E-state index contributed by atoms with van der Waals surface area (Å²) in [7, 11) is 0. The molecule has 2 aromatic rings. The molecule has 2 aromatic carbocycles. The van der Waals surface area contributed by atoms with Crippen molar-refractivity contribution in [3.05, 3.63) is 53.1 Å². The van der Waals surface area contributed by atoms with Crippen LogP contribution >= 0.6 is 0 Å². The van der Waals surface area contributed by atoms with E-state index in [2.05, 4.69) is 50.4 Å². The van der Waals surface area contributed by atoms with Gasteiger partial charge in [-0.2, -0.15) is 0 Å². The lowest BCUT2D eigenvalue weighted by molar-refractivity contribution is 0.477. The van der Waals surface area contributed by atoms with E-state index < -0.39 is 0 Å². The first kappa shape index (κ1) is 14.4. The Kier molecular flexibility index (Phi) is 3.76. The van der Waals surface area contributed by atoms with Crippen LogP contribution in [-0.4, -0.2) is 5.11 Å². The summed E-state index contributed by atoms with van der Waals surface area (Å²) in [6, 6.07) is 12.1. The van der Waals surface area contributed by atoms with E-state index in [9.17, 15) is 5.11 Å². The van der Waals surface area contributed by atoms with Crippen molar-refractivity contribution in [3.8, 4) is 5.75 Å². The topological polar surface area (TPSA) is 32.3 Å². The first-order chi connectivity index (χ1) is 9.27. The maximum Gasteiger partial charge on any atom is 0.139 e. The molecule has 0 aliphatic carbocycles. The summed E-state index contributed by atoms with van der Waals surface area (Å²) in [4.78, 5) is 0. The number of aromatic hydroxyl groups is 1. The Hall–Kier alpha value is -1.96. The quantitative estimate of drug-likeness (QED) is 0.748. The first-order valence-corrected chi connectivity index (χ1v) is 6.95. The standard InChI is InChI=1S/C18H23NO/c1-12-10-16(17(20)11-13(12)2)19-15-8-6-14(7-9-15)18(3,4)5/h6-11,19-20H,1-5H3. The van der Waals surface area contributed by atoms with Crippen molar-refractivity contribution in [1.29, 1.82) is 0 Å². The summed E-state index contributed by atoms with van der Waals surface area (Å²) in [5.41, 5.74) is 5.44. The lowest BCUT2D eigenvalue weighted by atomic mass is 9.87. The number of aryl methyl sites for hydroxylation is 2. The van der Waals surface area contributed by atoms with Crippen LogP contribution in [0.2, 0.25) is 0 Å². The van der Waals surface area contributed by atoms with E-state index >= 15 is 0 Å². The summed E-state index contributed by atoms with van der Waals surface area (Å²) in [5, 5.41) is 13.3. The van der Waals surface area contributed by atoms with Crippen molar-refractivity contribution < 1.29 is 5.11 Å². The molecule has 0 aliphatic heterocycles. The van der Waals surface area contributed by atoms with Gasteiger partial charge in [0.1, 0.15) is 5.75 Å². The first-order valence-electron chi connectivity index (χ1n) is 6.95. The van der Waals surface area contributed by atoms with E-state index in [1.54, 1.807) is 6.07 Å². The SMILES string of the molecule is Cc1cc(O)c(Nc2ccc(C(C)(C)C)cc2)cc1C. The van der Waals surface area contributed by atoms with Crippen molar-refractivity contribution >= 4 is 11.4 Å². The molecule has 0 aromatic heterocycles. The van der Waals surface area contributed by atoms with Crippen molar-refractivity contribution in [2.75, 3.05) is 5.32 Å². The second kappa shape index (κ2) is 5.20. The van der Waals surface area contributed by atoms with Crippen LogP contribution in [0.25, 0.3) is 0 Å². The van der Waals surface area contributed by atoms with Gasteiger partial charge in [-0.1, -0.05) is 32.9 Å². The molecule has 0 heterocycles. The number of hydrogen-bond donors (Lipinski definition) is 2. The maximum atomic E-state index is 10.00. The van der Waals surface area contributed by atoms with Gasteiger partial charge in [-0.25, -0.2) is 0 Å². The highest BCUT2D eigenvalue weighted by Crippen LogP contribution is 2.30. The molecule has 2 N–H and O–H groups in total. The van der Waals surface area contributed by atoms with Crippen LogP contribution < -0.4 is 5.32 Å². The van der Waals surface area contributed by atoms with Crippen molar-refractivity contribution in [2.24, 2.45) is 0 Å². The Bertz CT molecular complexity index is 607. The molecule has 2 nitrogen and oxygen atoms in total. The second-order valence-electron chi connectivity index (χ2n) is 6.41. The molecule has 0 amide bonds. The number of hydrogen-bond acceptors (Lipinski definition) is 2. The zero-order chi connectivity index (χ0) is 14.9. The molecule has 0 aliphatic rings. The van der Waals surface area contributed by atoms with Gasteiger partial charge < -0.3 is 10.4 Å². The van der Waals surface area contributed by atoms with E-state index in [4.69, 9.17) is 0 Å². The predicted octanol–water partition coefficient (Wildman–Crippen LogP) is 5.05. The highest BCUT2D eigenvalue weighted by molar-refractivity contribution is 5.67. The highest BCUT2D eigenvalue weighted by Gasteiger charge is 2.13. The van der Waals surface area contributed by atoms with Gasteiger partial charge in [-0.3, -0.25) is 0 Å². The molecular formula is C18H23NO. The van der Waals surface area contributed by atoms with E-state index in [0.29, 0.717) is 0 Å². The molecule has 0 bridgehead atoms. The minimum absolute atomic E-state index is 0.154. The van der Waals surface area contributed by atoms with Gasteiger partial charge >= 0.3 is 0 Å². The third-order valence-corrected chi connectivity index (χ3v) is 3.64. The lowest BCUT2D eigenvalue weighted by Crippen LogP contribution is -2.10. The minimum atomic E-state index is 0.154. The number of nitrogens with one attached hydrogen (secondary N) is 1. The average molecular weight is 269 g/mol. The van der Waals surface area contributed by atoms with Gasteiger partial charge in [0.2, 0.25) is 0 Å². The Morgan fingerprint density at radius 3 is 2.00 bits per heavy atom. The van der Waals surface area contributed by atoms with Gasteiger partial charge in [0.05, 0.1) is 5.69 Å². The molecule has 20 heavy (non-hydrogen) atoms. The Labute approximate surface area is 121 Å². The molecule has 2 rings (SSSR count). The molecule has 2 heteroatoms. The summed E-state index contributed by atoms with van der Waals surface area (Å²) in [6.45, 7) is 10.6. The van der Waals surface area contributed by atoms with Crippen molar-refractivity contribution in [2.45, 2.75) is 40.0 Å². The predicted molar refractivity (Wildman–Crippen MR) is 86.0 cm³/mol. The fourth-order valence-electron chi connectivity index (χ4n) is 2.11. The molecule has 0 spiro atoms. The normalized spacial score (nSPS) is 11.4. The zero-order valence-corrected chi connectivity index (χ0v) is 12.9. The molecule has 0 fully saturated rings. The van der Waals surface area contributed by atoms with Crippen LogP contribution in [0, 0.1) is 13.8 Å². The highest BCUT2D eigenvalue weighted by atomic mass is 16.3. The van der Waals surface area contributed by atoms with E-state index in [0.717, 1.165) is 22.5 Å². The third-order valence-electron chi connectivity index (χ3n) is 3.64. The van der Waals surface area contributed by atoms with Gasteiger partial charge in [-0.05, 0) is 60.2 Å². The van der Waals surface area contributed by atoms with Gasteiger partial charge in [0.25, 0.3) is 0 Å². The number of benzene rings is 2. The van der Waals surface area contributed by atoms with E-state index in [-0.39, 0.29) is 11.2 Å². The van der Waals surface area contributed by atoms with Crippen LogP contribution in [0.1, 0.15) is 37.5 Å². The van der Waals surface area contributed by atoms with Crippen LogP contribution in [0.5, 0.6) is 5.75 Å². The molecule has 0 atom stereocenters.